The summed E-state index contributed by atoms with van der Waals surface area (Å²) in [6.45, 7) is 3.31. The average Bonchev–Trinajstić information content (AvgIpc) is 3.11. The highest BCUT2D eigenvalue weighted by Gasteiger charge is 2.48. The van der Waals surface area contributed by atoms with Gasteiger partial charge in [0.2, 0.25) is 11.8 Å². The number of piperidine rings is 1. The van der Waals surface area contributed by atoms with E-state index in [2.05, 4.69) is 20.7 Å². The van der Waals surface area contributed by atoms with E-state index >= 15 is 0 Å². The molecule has 1 atom stereocenters. The molecule has 2 N–H and O–H groups in total. The first-order valence-electron chi connectivity index (χ1n) is 8.98. The van der Waals surface area contributed by atoms with Crippen molar-refractivity contribution in [3.05, 3.63) is 42.1 Å². The normalized spacial score (nSPS) is 20.6. The van der Waals surface area contributed by atoms with Gasteiger partial charge in [-0.25, -0.2) is 14.1 Å². The zero-order valence-corrected chi connectivity index (χ0v) is 15.0. The summed E-state index contributed by atoms with van der Waals surface area (Å²) >= 11 is 0. The molecule has 27 heavy (non-hydrogen) atoms. The van der Waals surface area contributed by atoms with Gasteiger partial charge in [-0.3, -0.25) is 9.59 Å². The quantitative estimate of drug-likeness (QED) is 0.821. The molecule has 2 fully saturated rings. The minimum atomic E-state index is -0.811. The van der Waals surface area contributed by atoms with Crippen LogP contribution in [0.1, 0.15) is 31.4 Å². The fourth-order valence-corrected chi connectivity index (χ4v) is 3.75. The maximum Gasteiger partial charge on any atom is 0.249 e. The molecule has 8 nitrogen and oxygen atoms in total. The van der Waals surface area contributed by atoms with E-state index in [0.29, 0.717) is 31.7 Å². The van der Waals surface area contributed by atoms with Crippen LogP contribution in [0.4, 0.5) is 4.39 Å². The lowest BCUT2D eigenvalue weighted by Gasteiger charge is -2.46. The predicted octanol–water partition coefficient (Wildman–Crippen LogP) is 0.548. The molecule has 142 valence electrons. The Morgan fingerprint density at radius 3 is 2.63 bits per heavy atom. The number of hydrogen-bond donors (Lipinski definition) is 2. The van der Waals surface area contributed by atoms with Crippen LogP contribution in [-0.2, 0) is 9.59 Å². The Bertz CT molecular complexity index is 859. The molecule has 4 rings (SSSR count). The largest absolute Gasteiger partial charge is 0.340 e. The van der Waals surface area contributed by atoms with Gasteiger partial charge in [0.1, 0.15) is 12.1 Å². The van der Waals surface area contributed by atoms with E-state index < -0.39 is 11.4 Å². The zero-order chi connectivity index (χ0) is 19.0. The van der Waals surface area contributed by atoms with Gasteiger partial charge >= 0.3 is 0 Å². The van der Waals surface area contributed by atoms with Gasteiger partial charge in [0.05, 0.1) is 18.4 Å². The van der Waals surface area contributed by atoms with E-state index in [-0.39, 0.29) is 24.4 Å². The summed E-state index contributed by atoms with van der Waals surface area (Å²) < 4.78 is 14.5. The number of carbonyl (C=O) groups excluding carboxylic acids is 2. The summed E-state index contributed by atoms with van der Waals surface area (Å²) in [6, 6.07) is 3.24. The van der Waals surface area contributed by atoms with Crippen LogP contribution in [0, 0.1) is 5.82 Å². The van der Waals surface area contributed by atoms with Crippen molar-refractivity contribution in [3.63, 3.8) is 0 Å². The van der Waals surface area contributed by atoms with Crippen molar-refractivity contribution in [1.29, 1.82) is 0 Å². The fourth-order valence-electron chi connectivity index (χ4n) is 3.75. The highest BCUT2D eigenvalue weighted by atomic mass is 19.1. The molecular formula is C18H21FN6O2. The van der Waals surface area contributed by atoms with Crippen molar-refractivity contribution in [2.24, 2.45) is 0 Å². The molecule has 0 bridgehead atoms. The van der Waals surface area contributed by atoms with E-state index in [1.807, 2.05) is 13.0 Å². The van der Waals surface area contributed by atoms with Gasteiger partial charge in [0.15, 0.2) is 11.6 Å². The summed E-state index contributed by atoms with van der Waals surface area (Å²) in [5.74, 6) is -0.145. The minimum Gasteiger partial charge on any atom is -0.340 e. The van der Waals surface area contributed by atoms with Crippen LogP contribution < -0.4 is 10.6 Å². The second-order valence-electron chi connectivity index (χ2n) is 7.04. The second kappa shape index (κ2) is 6.73. The standard InChI is InChI=1S/C18H21FN6O2/c1-12(13-2-3-15(21-8-13)25-10-14(19)9-22-25)24-11-16(26)23-18(17(24)27)4-6-20-7-5-18/h2-3,8-10,12,20H,4-7,11H2,1H3,(H,23,26)/t12-/m0/s1. The Morgan fingerprint density at radius 1 is 1.22 bits per heavy atom. The smallest absolute Gasteiger partial charge is 0.249 e. The zero-order valence-electron chi connectivity index (χ0n) is 15.0. The molecule has 1 spiro atoms. The van der Waals surface area contributed by atoms with Gasteiger partial charge in [-0.05, 0) is 44.5 Å². The number of rotatable bonds is 3. The monoisotopic (exact) mass is 372 g/mol. The number of carbonyl (C=O) groups is 2. The van der Waals surface area contributed by atoms with Crippen molar-refractivity contribution in [1.82, 2.24) is 30.3 Å². The summed E-state index contributed by atoms with van der Waals surface area (Å²) in [5, 5.41) is 10.0. The van der Waals surface area contributed by atoms with Crippen molar-refractivity contribution < 1.29 is 14.0 Å². The van der Waals surface area contributed by atoms with Gasteiger partial charge in [0, 0.05) is 6.20 Å². The molecule has 2 aromatic heterocycles. The van der Waals surface area contributed by atoms with Crippen molar-refractivity contribution in [2.75, 3.05) is 19.6 Å². The summed E-state index contributed by atoms with van der Waals surface area (Å²) in [6.07, 6.45) is 5.16. The number of hydrogen-bond acceptors (Lipinski definition) is 5. The van der Waals surface area contributed by atoms with Crippen molar-refractivity contribution >= 4 is 11.8 Å². The Kier molecular flexibility index (Phi) is 4.39. The van der Waals surface area contributed by atoms with Crippen LogP contribution in [0.25, 0.3) is 5.82 Å². The minimum absolute atomic E-state index is 0.0291. The Morgan fingerprint density at radius 2 is 2.00 bits per heavy atom. The van der Waals surface area contributed by atoms with E-state index in [1.54, 1.807) is 17.2 Å². The maximum absolute atomic E-state index is 13.2. The number of amides is 2. The first-order valence-corrected chi connectivity index (χ1v) is 8.98. The molecule has 0 saturated carbocycles. The highest BCUT2D eigenvalue weighted by Crippen LogP contribution is 2.30. The topological polar surface area (TPSA) is 92.2 Å². The molecule has 2 aromatic rings. The molecule has 9 heteroatoms. The Balaban J connectivity index is 1.56. The van der Waals surface area contributed by atoms with E-state index in [9.17, 15) is 14.0 Å². The van der Waals surface area contributed by atoms with Crippen LogP contribution in [0.5, 0.6) is 0 Å². The van der Waals surface area contributed by atoms with Gasteiger partial charge in [-0.2, -0.15) is 5.10 Å². The molecule has 0 unspecified atom stereocenters. The Hall–Kier alpha value is -2.81. The molecular weight excluding hydrogens is 351 g/mol. The summed E-state index contributed by atoms with van der Waals surface area (Å²) in [4.78, 5) is 31.4. The number of nitrogens with zero attached hydrogens (tertiary/aromatic N) is 4. The summed E-state index contributed by atoms with van der Waals surface area (Å²) in [7, 11) is 0. The first-order chi connectivity index (χ1) is 13.0. The van der Waals surface area contributed by atoms with Crippen molar-refractivity contribution in [3.8, 4) is 5.82 Å². The number of pyridine rings is 1. The molecule has 0 radical (unpaired) electrons. The number of piperazine rings is 1. The average molecular weight is 372 g/mol. The van der Waals surface area contributed by atoms with Gasteiger partial charge in [0.25, 0.3) is 0 Å². The second-order valence-corrected chi connectivity index (χ2v) is 7.04. The van der Waals surface area contributed by atoms with Gasteiger partial charge < -0.3 is 15.5 Å². The SMILES string of the molecule is C[C@@H](c1ccc(-n2cc(F)cn2)nc1)N1CC(=O)NC2(CCNCC2)C1=O. The lowest BCUT2D eigenvalue weighted by molar-refractivity contribution is -0.153. The lowest BCUT2D eigenvalue weighted by Crippen LogP contribution is -2.69. The molecule has 2 saturated heterocycles. The van der Waals surface area contributed by atoms with E-state index in [4.69, 9.17) is 0 Å². The summed E-state index contributed by atoms with van der Waals surface area (Å²) in [5.41, 5.74) is -0.00654. The number of halogens is 1. The predicted molar refractivity (Wildman–Crippen MR) is 94.4 cm³/mol. The highest BCUT2D eigenvalue weighted by molar-refractivity contribution is 5.98. The van der Waals surface area contributed by atoms with Gasteiger partial charge in [-0.15, -0.1) is 0 Å². The molecule has 0 aromatic carbocycles. The Labute approximate surface area is 155 Å². The third-order valence-electron chi connectivity index (χ3n) is 5.33. The van der Waals surface area contributed by atoms with Gasteiger partial charge in [-0.1, -0.05) is 6.07 Å². The number of nitrogens with one attached hydrogen (secondary N) is 2. The van der Waals surface area contributed by atoms with E-state index in [1.165, 1.54) is 10.9 Å². The van der Waals surface area contributed by atoms with Crippen LogP contribution in [0.3, 0.4) is 0 Å². The molecule has 4 heterocycles. The third kappa shape index (κ3) is 3.18. The first kappa shape index (κ1) is 17.6. The fraction of sp³-hybridized carbons (Fsp3) is 0.444. The van der Waals surface area contributed by atoms with Crippen LogP contribution in [0.15, 0.2) is 30.7 Å². The lowest BCUT2D eigenvalue weighted by atomic mass is 9.84. The third-order valence-corrected chi connectivity index (χ3v) is 5.33. The van der Waals surface area contributed by atoms with E-state index in [0.717, 1.165) is 11.8 Å². The number of aromatic nitrogens is 3. The molecule has 2 amide bonds. The van der Waals surface area contributed by atoms with Crippen LogP contribution >= 0.6 is 0 Å². The molecule has 0 aliphatic carbocycles. The maximum atomic E-state index is 13.2. The van der Waals surface area contributed by atoms with Crippen LogP contribution in [-0.4, -0.2) is 56.7 Å². The molecule has 2 aliphatic rings. The van der Waals surface area contributed by atoms with Crippen LogP contribution in [0.2, 0.25) is 0 Å². The van der Waals surface area contributed by atoms with Crippen molar-refractivity contribution in [2.45, 2.75) is 31.3 Å². The molecule has 2 aliphatic heterocycles.